The zero-order valence-electron chi connectivity index (χ0n) is 47.8. The first kappa shape index (κ1) is 60.1. The van der Waals surface area contributed by atoms with Gasteiger partial charge in [-0.05, 0) is 129 Å². The number of hydrogen-bond donors (Lipinski definition) is 0. The quantitative estimate of drug-likeness (QED) is 0.174. The van der Waals surface area contributed by atoms with Crippen molar-refractivity contribution < 1.29 is 0 Å². The number of hydrogen-bond acceptors (Lipinski definition) is 4. The van der Waals surface area contributed by atoms with E-state index in [9.17, 15) is 0 Å². The van der Waals surface area contributed by atoms with E-state index in [1.165, 1.54) is 132 Å². The molecule has 4 aromatic carbocycles. The molecular formula is C62H104N4. The topological polar surface area (TPSA) is 13.0 Å². The Kier molecular flexibility index (Phi) is 24.7. The summed E-state index contributed by atoms with van der Waals surface area (Å²) in [6, 6.07) is 27.7. The van der Waals surface area contributed by atoms with Gasteiger partial charge in [0.25, 0.3) is 0 Å². The summed E-state index contributed by atoms with van der Waals surface area (Å²) in [6.45, 7) is 48.0. The first-order valence-corrected chi connectivity index (χ1v) is 26.3. The van der Waals surface area contributed by atoms with Crippen LogP contribution in [0.3, 0.4) is 0 Å². The second-order valence-electron chi connectivity index (χ2n) is 21.8. The average molecular weight is 906 g/mol. The van der Waals surface area contributed by atoms with Crippen molar-refractivity contribution in [2.45, 2.75) is 199 Å². The Hall–Kier alpha value is -3.92. The van der Waals surface area contributed by atoms with E-state index in [-0.39, 0.29) is 21.7 Å². The Morgan fingerprint density at radius 3 is 0.697 bits per heavy atom. The van der Waals surface area contributed by atoms with E-state index in [4.69, 9.17) is 0 Å². The van der Waals surface area contributed by atoms with Gasteiger partial charge in [-0.1, -0.05) is 187 Å². The van der Waals surface area contributed by atoms with Gasteiger partial charge in [-0.3, -0.25) is 0 Å². The van der Waals surface area contributed by atoms with Gasteiger partial charge in [-0.25, -0.2) is 0 Å². The number of likely N-dealkylation sites (N-methyl/N-ethyl adjacent to an activating group) is 2. The summed E-state index contributed by atoms with van der Waals surface area (Å²) < 4.78 is 0. The van der Waals surface area contributed by atoms with E-state index in [2.05, 4.69) is 204 Å². The molecule has 0 fully saturated rings. The van der Waals surface area contributed by atoms with E-state index in [0.29, 0.717) is 0 Å². The maximum Gasteiger partial charge on any atom is 0.0397 e. The summed E-state index contributed by atoms with van der Waals surface area (Å²) in [6.07, 6.45) is 7.47. The minimum absolute atomic E-state index is 0.269. The number of aryl methyl sites for hydroxylation is 2. The lowest BCUT2D eigenvalue weighted by atomic mass is 9.84. The lowest BCUT2D eigenvalue weighted by Gasteiger charge is -2.29. The number of rotatable bonds is 0. The standard InChI is InChI=1S/2C14H21N.2C13H19N.4C2H6/c2*1-14(2,3)12-7-8-13-11(10-12)6-5-9-15(13)4;2*1-13(2,3)11-5-6-12-10(9-11)7-8-14(12)4;4*1-2/h2*7-8,10H,5-6,9H2,1-4H3;2*5-6,9H,7-8H2,1-4H3;4*1-2H3. The molecule has 66 heavy (non-hydrogen) atoms. The zero-order chi connectivity index (χ0) is 50.8. The molecule has 4 aromatic rings. The molecule has 0 radical (unpaired) electrons. The fraction of sp³-hybridized carbons (Fsp3) is 0.613. The monoisotopic (exact) mass is 905 g/mol. The summed E-state index contributed by atoms with van der Waals surface area (Å²) in [5, 5.41) is 0. The van der Waals surface area contributed by atoms with Gasteiger partial charge in [0, 0.05) is 77.1 Å². The van der Waals surface area contributed by atoms with Crippen molar-refractivity contribution in [2.75, 3.05) is 74.0 Å². The lowest BCUT2D eigenvalue weighted by Crippen LogP contribution is -2.25. The molecule has 8 rings (SSSR count). The highest BCUT2D eigenvalue weighted by Crippen LogP contribution is 2.35. The number of nitrogens with zero attached hydrogens (tertiary/aromatic N) is 4. The predicted octanol–water partition coefficient (Wildman–Crippen LogP) is 16.8. The maximum atomic E-state index is 2.39. The van der Waals surface area contributed by atoms with Gasteiger partial charge >= 0.3 is 0 Å². The molecule has 4 heterocycles. The highest BCUT2D eigenvalue weighted by atomic mass is 15.1. The molecule has 0 saturated carbocycles. The highest BCUT2D eigenvalue weighted by Gasteiger charge is 2.23. The Bertz CT molecular complexity index is 1850. The highest BCUT2D eigenvalue weighted by molar-refractivity contribution is 5.61. The summed E-state index contributed by atoms with van der Waals surface area (Å²) >= 11 is 0. The Labute approximate surface area is 411 Å². The van der Waals surface area contributed by atoms with Crippen LogP contribution in [0.5, 0.6) is 0 Å². The van der Waals surface area contributed by atoms with E-state index in [1.54, 1.807) is 0 Å². The molecule has 372 valence electrons. The Balaban J connectivity index is 0.000000418. The summed E-state index contributed by atoms with van der Waals surface area (Å²) in [7, 11) is 8.72. The Morgan fingerprint density at radius 1 is 0.288 bits per heavy atom. The molecule has 0 aliphatic carbocycles. The smallest absolute Gasteiger partial charge is 0.0397 e. The molecule has 0 bridgehead atoms. The zero-order valence-corrected chi connectivity index (χ0v) is 47.8. The van der Waals surface area contributed by atoms with Crippen LogP contribution in [0, 0.1) is 0 Å². The van der Waals surface area contributed by atoms with Crippen LogP contribution >= 0.6 is 0 Å². The molecular weight excluding hydrogens is 801 g/mol. The third-order valence-electron chi connectivity index (χ3n) is 12.7. The summed E-state index contributed by atoms with van der Waals surface area (Å²) in [5.74, 6) is 0. The van der Waals surface area contributed by atoms with Gasteiger partial charge in [-0.15, -0.1) is 0 Å². The van der Waals surface area contributed by atoms with Gasteiger partial charge in [0.2, 0.25) is 0 Å². The molecule has 4 heteroatoms. The fourth-order valence-corrected chi connectivity index (χ4v) is 8.57. The average Bonchev–Trinajstić information content (AvgIpc) is 3.86. The van der Waals surface area contributed by atoms with Crippen molar-refractivity contribution in [3.05, 3.63) is 117 Å². The van der Waals surface area contributed by atoms with Crippen LogP contribution in [0.25, 0.3) is 0 Å². The van der Waals surface area contributed by atoms with Crippen LogP contribution in [0.1, 0.15) is 196 Å². The maximum absolute atomic E-state index is 2.39. The first-order valence-electron chi connectivity index (χ1n) is 26.3. The SMILES string of the molecule is CC.CC.CC.CC.CN1CCCc2cc(C(C)(C)C)ccc21.CN1CCCc2cc(C(C)(C)C)ccc21.CN1CCc2cc(C(C)(C)C)ccc21.CN1CCc2cc(C(C)(C)C)ccc21. The van der Waals surface area contributed by atoms with Crippen LogP contribution in [-0.2, 0) is 47.3 Å². The van der Waals surface area contributed by atoms with Crippen molar-refractivity contribution in [2.24, 2.45) is 0 Å². The van der Waals surface area contributed by atoms with Crippen molar-refractivity contribution in [1.29, 1.82) is 0 Å². The van der Waals surface area contributed by atoms with Crippen LogP contribution < -0.4 is 19.6 Å². The van der Waals surface area contributed by atoms with Gasteiger partial charge in [0.05, 0.1) is 0 Å². The molecule has 0 spiro atoms. The van der Waals surface area contributed by atoms with Crippen molar-refractivity contribution >= 4 is 22.7 Å². The normalized spacial score (nSPS) is 14.5. The Morgan fingerprint density at radius 2 is 0.485 bits per heavy atom. The van der Waals surface area contributed by atoms with Crippen LogP contribution in [-0.4, -0.2) is 54.4 Å². The summed E-state index contributed by atoms with van der Waals surface area (Å²) in [5.41, 5.74) is 18.7. The van der Waals surface area contributed by atoms with Crippen molar-refractivity contribution in [3.8, 4) is 0 Å². The molecule has 0 unspecified atom stereocenters. The van der Waals surface area contributed by atoms with Crippen LogP contribution in [0.4, 0.5) is 22.7 Å². The first-order chi connectivity index (χ1) is 30.9. The van der Waals surface area contributed by atoms with Crippen LogP contribution in [0.15, 0.2) is 72.8 Å². The molecule has 0 saturated heterocycles. The van der Waals surface area contributed by atoms with Gasteiger partial charge in [0.15, 0.2) is 0 Å². The largest absolute Gasteiger partial charge is 0.374 e. The van der Waals surface area contributed by atoms with Crippen molar-refractivity contribution in [1.82, 2.24) is 0 Å². The predicted molar refractivity (Wildman–Crippen MR) is 303 cm³/mol. The van der Waals surface area contributed by atoms with Crippen molar-refractivity contribution in [3.63, 3.8) is 0 Å². The second kappa shape index (κ2) is 27.2. The van der Waals surface area contributed by atoms with Gasteiger partial charge in [0.1, 0.15) is 0 Å². The lowest BCUT2D eigenvalue weighted by molar-refractivity contribution is 0.587. The number of anilines is 4. The van der Waals surface area contributed by atoms with Gasteiger partial charge < -0.3 is 19.6 Å². The number of benzene rings is 4. The molecule has 0 N–H and O–H groups in total. The van der Waals surface area contributed by atoms with E-state index in [0.717, 1.165) is 0 Å². The van der Waals surface area contributed by atoms with E-state index in [1.807, 2.05) is 55.4 Å². The molecule has 0 aromatic heterocycles. The molecule has 4 aliphatic rings. The minimum Gasteiger partial charge on any atom is -0.374 e. The third kappa shape index (κ3) is 17.3. The number of fused-ring (bicyclic) bond motifs is 4. The second-order valence-corrected chi connectivity index (χ2v) is 21.8. The van der Waals surface area contributed by atoms with E-state index >= 15 is 0 Å². The molecule has 4 nitrogen and oxygen atoms in total. The minimum atomic E-state index is 0.269. The molecule has 0 amide bonds. The molecule has 4 aliphatic heterocycles. The van der Waals surface area contributed by atoms with E-state index < -0.39 is 0 Å². The fourth-order valence-electron chi connectivity index (χ4n) is 8.57. The molecule has 0 atom stereocenters. The summed E-state index contributed by atoms with van der Waals surface area (Å²) in [4.78, 5) is 9.40. The third-order valence-corrected chi connectivity index (χ3v) is 12.7. The van der Waals surface area contributed by atoms with Crippen LogP contribution in [0.2, 0.25) is 0 Å². The van der Waals surface area contributed by atoms with Gasteiger partial charge in [-0.2, -0.15) is 0 Å².